The van der Waals surface area contributed by atoms with Crippen LogP contribution < -0.4 is 15.4 Å². The molecular formula is C18H27ClN2O3. The van der Waals surface area contributed by atoms with E-state index < -0.39 is 0 Å². The van der Waals surface area contributed by atoms with E-state index in [9.17, 15) is 4.79 Å². The van der Waals surface area contributed by atoms with Crippen LogP contribution in [-0.2, 0) is 9.53 Å². The molecule has 0 bridgehead atoms. The molecule has 6 heteroatoms. The van der Waals surface area contributed by atoms with Crippen LogP contribution in [0, 0.1) is 6.92 Å². The number of hydrogen-bond donors (Lipinski definition) is 2. The molecule has 2 N–H and O–H groups in total. The summed E-state index contributed by atoms with van der Waals surface area (Å²) in [4.78, 5) is 12.2. The lowest BCUT2D eigenvalue weighted by Crippen LogP contribution is -2.27. The zero-order chi connectivity index (χ0) is 16.1. The SMILES string of the molecule is Cc1ccc(NC(=O)CC2CCCN2)c(OCC2CCCO2)c1.Cl. The second-order valence-corrected chi connectivity index (χ2v) is 6.49. The number of amides is 1. The van der Waals surface area contributed by atoms with E-state index in [1.54, 1.807) is 0 Å². The maximum Gasteiger partial charge on any atom is 0.226 e. The first-order valence-corrected chi connectivity index (χ1v) is 8.59. The average molecular weight is 355 g/mol. The van der Waals surface area contributed by atoms with Gasteiger partial charge in [0.2, 0.25) is 5.91 Å². The van der Waals surface area contributed by atoms with Gasteiger partial charge in [-0.25, -0.2) is 0 Å². The minimum Gasteiger partial charge on any atom is -0.489 e. The van der Waals surface area contributed by atoms with Crippen LogP contribution in [0.25, 0.3) is 0 Å². The highest BCUT2D eigenvalue weighted by Crippen LogP contribution is 2.27. The standard InChI is InChI=1S/C18H26N2O3.ClH/c1-13-6-7-16(20-18(21)11-14-4-2-8-19-14)17(10-13)23-12-15-5-3-9-22-15;/h6-7,10,14-15,19H,2-5,8-9,11-12H2,1H3,(H,20,21);1H. The van der Waals surface area contributed by atoms with Gasteiger partial charge in [0.25, 0.3) is 0 Å². The first kappa shape index (κ1) is 19.0. The minimum absolute atomic E-state index is 0. The average Bonchev–Trinajstić information content (AvgIpc) is 3.21. The zero-order valence-corrected chi connectivity index (χ0v) is 15.0. The molecule has 2 saturated heterocycles. The Morgan fingerprint density at radius 3 is 2.96 bits per heavy atom. The van der Waals surface area contributed by atoms with Crippen LogP contribution in [0.15, 0.2) is 18.2 Å². The van der Waals surface area contributed by atoms with E-state index in [1.807, 2.05) is 25.1 Å². The lowest BCUT2D eigenvalue weighted by Gasteiger charge is -2.17. The number of hydrogen-bond acceptors (Lipinski definition) is 4. The molecule has 3 rings (SSSR count). The summed E-state index contributed by atoms with van der Waals surface area (Å²) in [5, 5.41) is 6.35. The Labute approximate surface area is 149 Å². The smallest absolute Gasteiger partial charge is 0.226 e. The molecule has 5 nitrogen and oxygen atoms in total. The molecule has 24 heavy (non-hydrogen) atoms. The number of anilines is 1. The molecule has 0 saturated carbocycles. The number of carbonyl (C=O) groups is 1. The summed E-state index contributed by atoms with van der Waals surface area (Å²) >= 11 is 0. The van der Waals surface area contributed by atoms with Crippen LogP contribution in [0.5, 0.6) is 5.75 Å². The maximum absolute atomic E-state index is 12.2. The number of ether oxygens (including phenoxy) is 2. The summed E-state index contributed by atoms with van der Waals surface area (Å²) in [6, 6.07) is 6.18. The summed E-state index contributed by atoms with van der Waals surface area (Å²) in [6.45, 7) is 4.39. The van der Waals surface area contributed by atoms with Gasteiger partial charge in [-0.15, -0.1) is 12.4 Å². The highest BCUT2D eigenvalue weighted by Gasteiger charge is 2.20. The molecule has 0 spiro atoms. The van der Waals surface area contributed by atoms with Crippen LogP contribution >= 0.6 is 12.4 Å². The second-order valence-electron chi connectivity index (χ2n) is 6.49. The van der Waals surface area contributed by atoms with Gasteiger partial charge in [-0.2, -0.15) is 0 Å². The Kier molecular flexibility index (Phi) is 7.34. The minimum atomic E-state index is 0. The van der Waals surface area contributed by atoms with Crippen molar-refractivity contribution in [1.29, 1.82) is 0 Å². The van der Waals surface area contributed by atoms with Crippen LogP contribution in [0.1, 0.15) is 37.7 Å². The van der Waals surface area contributed by atoms with E-state index in [-0.39, 0.29) is 24.4 Å². The van der Waals surface area contributed by atoms with Gasteiger partial charge in [0.15, 0.2) is 0 Å². The van der Waals surface area contributed by atoms with Crippen molar-refractivity contribution in [1.82, 2.24) is 5.32 Å². The molecule has 1 amide bonds. The molecule has 0 aromatic heterocycles. The predicted molar refractivity (Wildman–Crippen MR) is 97.2 cm³/mol. The molecule has 2 heterocycles. The molecule has 2 unspecified atom stereocenters. The Bertz CT molecular complexity index is 541. The van der Waals surface area contributed by atoms with Crippen molar-refractivity contribution in [3.8, 4) is 5.75 Å². The Morgan fingerprint density at radius 1 is 1.38 bits per heavy atom. The van der Waals surface area contributed by atoms with Gasteiger partial charge in [-0.05, 0) is 56.8 Å². The first-order chi connectivity index (χ1) is 11.2. The van der Waals surface area contributed by atoms with E-state index in [0.717, 1.165) is 55.8 Å². The number of halogens is 1. The van der Waals surface area contributed by atoms with Gasteiger partial charge in [-0.1, -0.05) is 6.07 Å². The van der Waals surface area contributed by atoms with Crippen molar-refractivity contribution < 1.29 is 14.3 Å². The monoisotopic (exact) mass is 354 g/mol. The fourth-order valence-electron chi connectivity index (χ4n) is 3.17. The molecule has 134 valence electrons. The van der Waals surface area contributed by atoms with Crippen molar-refractivity contribution in [2.75, 3.05) is 25.1 Å². The largest absolute Gasteiger partial charge is 0.489 e. The molecule has 2 aliphatic heterocycles. The van der Waals surface area contributed by atoms with Crippen molar-refractivity contribution in [2.45, 2.75) is 51.2 Å². The molecule has 2 fully saturated rings. The molecular weight excluding hydrogens is 328 g/mol. The molecule has 1 aromatic carbocycles. The summed E-state index contributed by atoms with van der Waals surface area (Å²) in [7, 11) is 0. The van der Waals surface area contributed by atoms with Gasteiger partial charge < -0.3 is 20.1 Å². The zero-order valence-electron chi connectivity index (χ0n) is 14.2. The molecule has 0 radical (unpaired) electrons. The third-order valence-electron chi connectivity index (χ3n) is 4.45. The van der Waals surface area contributed by atoms with Gasteiger partial charge in [0.1, 0.15) is 12.4 Å². The predicted octanol–water partition coefficient (Wildman–Crippen LogP) is 3.06. The normalized spacial score (nSPS) is 22.9. The van der Waals surface area contributed by atoms with Crippen LogP contribution in [-0.4, -0.2) is 37.8 Å². The highest BCUT2D eigenvalue weighted by atomic mass is 35.5. The Morgan fingerprint density at radius 2 is 2.25 bits per heavy atom. The number of rotatable bonds is 6. The van der Waals surface area contributed by atoms with Crippen LogP contribution in [0.3, 0.4) is 0 Å². The number of carbonyl (C=O) groups excluding carboxylic acids is 1. The number of aryl methyl sites for hydroxylation is 1. The first-order valence-electron chi connectivity index (χ1n) is 8.59. The van der Waals surface area contributed by atoms with Gasteiger partial charge in [0.05, 0.1) is 11.8 Å². The highest BCUT2D eigenvalue weighted by molar-refractivity contribution is 5.92. The van der Waals surface area contributed by atoms with Crippen molar-refractivity contribution in [3.05, 3.63) is 23.8 Å². The summed E-state index contributed by atoms with van der Waals surface area (Å²) in [5.74, 6) is 0.767. The van der Waals surface area contributed by atoms with E-state index in [2.05, 4.69) is 10.6 Å². The van der Waals surface area contributed by atoms with E-state index in [0.29, 0.717) is 19.1 Å². The van der Waals surface area contributed by atoms with Crippen LogP contribution in [0.2, 0.25) is 0 Å². The number of benzene rings is 1. The quantitative estimate of drug-likeness (QED) is 0.824. The van der Waals surface area contributed by atoms with Crippen molar-refractivity contribution in [3.63, 3.8) is 0 Å². The van der Waals surface area contributed by atoms with Crippen molar-refractivity contribution in [2.24, 2.45) is 0 Å². The summed E-state index contributed by atoms with van der Waals surface area (Å²) in [5.41, 5.74) is 1.86. The van der Waals surface area contributed by atoms with Gasteiger partial charge in [0, 0.05) is 19.1 Å². The third kappa shape index (κ3) is 5.36. The molecule has 1 aromatic rings. The lowest BCUT2D eigenvalue weighted by molar-refractivity contribution is -0.116. The lowest BCUT2D eigenvalue weighted by atomic mass is 10.1. The summed E-state index contributed by atoms with van der Waals surface area (Å²) in [6.07, 6.45) is 5.04. The Hall–Kier alpha value is -1.30. The third-order valence-corrected chi connectivity index (χ3v) is 4.45. The molecule has 2 aliphatic rings. The topological polar surface area (TPSA) is 59.6 Å². The molecule has 0 aliphatic carbocycles. The number of nitrogens with one attached hydrogen (secondary N) is 2. The Balaban J connectivity index is 0.00000208. The van der Waals surface area contributed by atoms with Crippen molar-refractivity contribution >= 4 is 24.0 Å². The van der Waals surface area contributed by atoms with E-state index in [4.69, 9.17) is 9.47 Å². The fraction of sp³-hybridized carbons (Fsp3) is 0.611. The van der Waals surface area contributed by atoms with Gasteiger partial charge >= 0.3 is 0 Å². The fourth-order valence-corrected chi connectivity index (χ4v) is 3.17. The van der Waals surface area contributed by atoms with Crippen LogP contribution in [0.4, 0.5) is 5.69 Å². The van der Waals surface area contributed by atoms with E-state index >= 15 is 0 Å². The second kappa shape index (κ2) is 9.25. The van der Waals surface area contributed by atoms with Gasteiger partial charge in [-0.3, -0.25) is 4.79 Å². The maximum atomic E-state index is 12.2. The van der Waals surface area contributed by atoms with E-state index in [1.165, 1.54) is 0 Å². The summed E-state index contributed by atoms with van der Waals surface area (Å²) < 4.78 is 11.5. The molecule has 2 atom stereocenters.